The maximum Gasteiger partial charge on any atom is 0.362 e. The van der Waals surface area contributed by atoms with Gasteiger partial charge in [0.05, 0.1) is 32.6 Å². The first kappa shape index (κ1) is 26.2. The summed E-state index contributed by atoms with van der Waals surface area (Å²) in [5, 5.41) is 28.4. The van der Waals surface area contributed by atoms with E-state index in [9.17, 15) is 33.9 Å². The van der Waals surface area contributed by atoms with Crippen molar-refractivity contribution < 1.29 is 53.8 Å². The summed E-state index contributed by atoms with van der Waals surface area (Å²) in [6, 6.07) is -1.06. The minimum absolute atomic E-state index is 0.0541. The Bertz CT molecular complexity index is 745. The number of carboxylic acid groups (broad SMARTS) is 3. The Morgan fingerprint density at radius 2 is 1.33 bits per heavy atom. The minimum Gasteiger partial charge on any atom is -0.480 e. The van der Waals surface area contributed by atoms with Crippen LogP contribution < -0.4 is 4.90 Å². The molecule has 2 rings (SSSR count). The third kappa shape index (κ3) is 8.40. The molecular weight excluding hydrogens is 444 g/mol. The third-order valence-electron chi connectivity index (χ3n) is 5.58. The van der Waals surface area contributed by atoms with Crippen LogP contribution in [0.5, 0.6) is 0 Å². The number of imide groups is 1. The van der Waals surface area contributed by atoms with Crippen LogP contribution in [0.3, 0.4) is 0 Å². The Kier molecular flexibility index (Phi) is 9.69. The molecule has 0 radical (unpaired) electrons. The predicted octanol–water partition coefficient (Wildman–Crippen LogP) is -3.50. The lowest BCUT2D eigenvalue weighted by molar-refractivity contribution is -0.916. The second-order valence-corrected chi connectivity index (χ2v) is 7.97. The highest BCUT2D eigenvalue weighted by atomic mass is 16.7. The lowest BCUT2D eigenvalue weighted by Crippen LogP contribution is -3.18. The molecule has 14 nitrogen and oxygen atoms in total. The molecular formula is C19H29N4O10+. The molecule has 4 N–H and O–H groups in total. The van der Waals surface area contributed by atoms with E-state index in [0.717, 1.165) is 0 Å². The highest BCUT2D eigenvalue weighted by Crippen LogP contribution is 2.13. The number of quaternary nitrogens is 1. The molecule has 2 saturated heterocycles. The summed E-state index contributed by atoms with van der Waals surface area (Å²) >= 11 is 0. The predicted molar refractivity (Wildman–Crippen MR) is 107 cm³/mol. The van der Waals surface area contributed by atoms with Crippen LogP contribution in [0.2, 0.25) is 0 Å². The fourth-order valence-corrected chi connectivity index (χ4v) is 3.85. The summed E-state index contributed by atoms with van der Waals surface area (Å²) in [5.74, 6) is -5.46. The standard InChI is InChI=1S/C19H28N4O10/c24-14-2-3-15(25)23(14)33-18(30)4-1-13(19(31)32)22-9-7-20(11-16(26)27)5-6-21(8-10-22)12-17(28)29/h13H,1-12H2,(H,26,27)(H,28,29)(H,31,32)/p+1. The van der Waals surface area contributed by atoms with Crippen molar-refractivity contribution in [2.24, 2.45) is 0 Å². The molecule has 0 aliphatic carbocycles. The smallest absolute Gasteiger partial charge is 0.362 e. The molecule has 0 aromatic heterocycles. The number of aliphatic carboxylic acids is 3. The number of nitrogens with one attached hydrogen (secondary N) is 1. The molecule has 0 saturated carbocycles. The molecule has 33 heavy (non-hydrogen) atoms. The zero-order valence-electron chi connectivity index (χ0n) is 18.1. The lowest BCUT2D eigenvalue weighted by Gasteiger charge is -2.27. The number of amides is 2. The second-order valence-electron chi connectivity index (χ2n) is 7.97. The van der Waals surface area contributed by atoms with Gasteiger partial charge in [0.15, 0.2) is 6.04 Å². The van der Waals surface area contributed by atoms with Gasteiger partial charge in [0.1, 0.15) is 0 Å². The van der Waals surface area contributed by atoms with Crippen molar-refractivity contribution in [2.75, 3.05) is 52.4 Å². The van der Waals surface area contributed by atoms with Gasteiger partial charge in [-0.2, -0.15) is 0 Å². The molecule has 0 aromatic carbocycles. The summed E-state index contributed by atoms with van der Waals surface area (Å²) in [5.41, 5.74) is 0. The fourth-order valence-electron chi connectivity index (χ4n) is 3.85. The number of carboxylic acids is 3. The van der Waals surface area contributed by atoms with Crippen molar-refractivity contribution in [2.45, 2.75) is 31.7 Å². The first-order chi connectivity index (χ1) is 15.6. The second kappa shape index (κ2) is 12.2. The molecule has 2 fully saturated rings. The number of carbonyl (C=O) groups excluding carboxylic acids is 3. The van der Waals surface area contributed by atoms with Crippen molar-refractivity contribution in [3.05, 3.63) is 0 Å². The summed E-state index contributed by atoms with van der Waals surface area (Å²) in [4.78, 5) is 78.1. The van der Waals surface area contributed by atoms with Crippen LogP contribution in [0, 0.1) is 0 Å². The Morgan fingerprint density at radius 3 is 1.76 bits per heavy atom. The zero-order chi connectivity index (χ0) is 24.5. The summed E-state index contributed by atoms with van der Waals surface area (Å²) in [6.45, 7) is 1.17. The van der Waals surface area contributed by atoms with Crippen LogP contribution in [0.4, 0.5) is 0 Å². The Morgan fingerprint density at radius 1 is 0.848 bits per heavy atom. The normalized spacial score (nSPS) is 20.1. The van der Waals surface area contributed by atoms with Gasteiger partial charge in [-0.05, 0) is 0 Å². The van der Waals surface area contributed by atoms with E-state index in [-0.39, 0.29) is 65.0 Å². The molecule has 1 unspecified atom stereocenters. The summed E-state index contributed by atoms with van der Waals surface area (Å²) in [6.07, 6.45) is -0.601. The lowest BCUT2D eigenvalue weighted by atomic mass is 10.1. The van der Waals surface area contributed by atoms with Gasteiger partial charge in [0.25, 0.3) is 11.8 Å². The SMILES string of the molecule is O=C(O)CN1CCN(CC(=O)O)CC[NH+](C(CCC(=O)ON2C(=O)CCC2=O)C(=O)O)CC1. The summed E-state index contributed by atoms with van der Waals surface area (Å²) in [7, 11) is 0. The van der Waals surface area contributed by atoms with Gasteiger partial charge in [0, 0.05) is 45.4 Å². The number of nitrogens with zero attached hydrogens (tertiary/aromatic N) is 3. The van der Waals surface area contributed by atoms with E-state index < -0.39 is 41.7 Å². The van der Waals surface area contributed by atoms with Gasteiger partial charge in [-0.3, -0.25) is 29.0 Å². The van der Waals surface area contributed by atoms with Crippen LogP contribution >= 0.6 is 0 Å². The van der Waals surface area contributed by atoms with Crippen molar-refractivity contribution in [3.8, 4) is 0 Å². The number of hydrogen-bond donors (Lipinski definition) is 4. The molecule has 14 heteroatoms. The minimum atomic E-state index is -1.18. The van der Waals surface area contributed by atoms with E-state index in [0.29, 0.717) is 23.1 Å². The van der Waals surface area contributed by atoms with Crippen molar-refractivity contribution >= 4 is 35.7 Å². The number of carbonyl (C=O) groups is 6. The van der Waals surface area contributed by atoms with Crippen LogP contribution in [-0.2, 0) is 33.6 Å². The summed E-state index contributed by atoms with van der Waals surface area (Å²) < 4.78 is 0. The van der Waals surface area contributed by atoms with E-state index in [1.807, 2.05) is 0 Å². The first-order valence-electron chi connectivity index (χ1n) is 10.6. The first-order valence-corrected chi connectivity index (χ1v) is 10.6. The average Bonchev–Trinajstić information content (AvgIpc) is 3.07. The van der Waals surface area contributed by atoms with E-state index >= 15 is 0 Å². The van der Waals surface area contributed by atoms with Gasteiger partial charge in [-0.1, -0.05) is 0 Å². The highest BCUT2D eigenvalue weighted by molar-refractivity contribution is 6.01. The number of hydrogen-bond acceptors (Lipinski definition) is 9. The maximum atomic E-state index is 12.1. The quantitative estimate of drug-likeness (QED) is 0.230. The van der Waals surface area contributed by atoms with Gasteiger partial charge < -0.3 is 25.1 Å². The Balaban J connectivity index is 2.04. The van der Waals surface area contributed by atoms with E-state index in [2.05, 4.69) is 0 Å². The monoisotopic (exact) mass is 473 g/mol. The van der Waals surface area contributed by atoms with Crippen molar-refractivity contribution in [3.63, 3.8) is 0 Å². The van der Waals surface area contributed by atoms with Gasteiger partial charge in [-0.25, -0.2) is 9.59 Å². The fraction of sp³-hybridized carbons (Fsp3) is 0.684. The molecule has 184 valence electrons. The van der Waals surface area contributed by atoms with E-state index in [4.69, 9.17) is 15.1 Å². The molecule has 2 aliphatic heterocycles. The molecule has 0 spiro atoms. The molecule has 2 aliphatic rings. The molecule has 2 heterocycles. The molecule has 2 amide bonds. The van der Waals surface area contributed by atoms with Gasteiger partial charge >= 0.3 is 23.9 Å². The molecule has 0 bridgehead atoms. The van der Waals surface area contributed by atoms with Crippen LogP contribution in [0.25, 0.3) is 0 Å². The zero-order valence-corrected chi connectivity index (χ0v) is 18.1. The number of hydroxylamine groups is 2. The van der Waals surface area contributed by atoms with Crippen LogP contribution in [0.1, 0.15) is 25.7 Å². The highest BCUT2D eigenvalue weighted by Gasteiger charge is 2.35. The van der Waals surface area contributed by atoms with E-state index in [1.165, 1.54) is 0 Å². The Hall–Kier alpha value is -3.10. The van der Waals surface area contributed by atoms with Gasteiger partial charge in [0.2, 0.25) is 0 Å². The largest absolute Gasteiger partial charge is 0.480 e. The topological polar surface area (TPSA) is 186 Å². The van der Waals surface area contributed by atoms with E-state index in [1.54, 1.807) is 9.80 Å². The Labute approximate surface area is 189 Å². The maximum absolute atomic E-state index is 12.1. The number of rotatable bonds is 10. The molecule has 1 atom stereocenters. The van der Waals surface area contributed by atoms with Crippen LogP contribution in [0.15, 0.2) is 0 Å². The molecule has 0 aromatic rings. The third-order valence-corrected chi connectivity index (χ3v) is 5.58. The van der Waals surface area contributed by atoms with Crippen molar-refractivity contribution in [1.29, 1.82) is 0 Å². The van der Waals surface area contributed by atoms with Crippen molar-refractivity contribution in [1.82, 2.24) is 14.9 Å². The van der Waals surface area contributed by atoms with Gasteiger partial charge in [-0.15, -0.1) is 5.06 Å². The van der Waals surface area contributed by atoms with Crippen LogP contribution in [-0.4, -0.2) is 124 Å². The average molecular weight is 473 g/mol.